The van der Waals surface area contributed by atoms with Crippen LogP contribution in [0, 0.1) is 13.8 Å². The van der Waals surface area contributed by atoms with Crippen molar-refractivity contribution in [1.82, 2.24) is 10.3 Å². The van der Waals surface area contributed by atoms with Gasteiger partial charge in [-0.2, -0.15) is 0 Å². The van der Waals surface area contributed by atoms with Crippen molar-refractivity contribution in [3.05, 3.63) is 65.0 Å². The topological polar surface area (TPSA) is 24.9 Å². The minimum absolute atomic E-state index is 0.320. The molecule has 18 heavy (non-hydrogen) atoms. The van der Waals surface area contributed by atoms with Crippen molar-refractivity contribution < 1.29 is 0 Å². The number of hydrogen-bond acceptors (Lipinski definition) is 2. The first-order valence-corrected chi connectivity index (χ1v) is 6.36. The maximum absolute atomic E-state index is 4.54. The van der Waals surface area contributed by atoms with Crippen molar-refractivity contribution in [3.8, 4) is 0 Å². The Morgan fingerprint density at radius 2 is 1.78 bits per heavy atom. The van der Waals surface area contributed by atoms with Crippen LogP contribution in [-0.4, -0.2) is 12.0 Å². The summed E-state index contributed by atoms with van der Waals surface area (Å²) in [7, 11) is 2.01. The Morgan fingerprint density at radius 3 is 2.39 bits per heavy atom. The first-order valence-electron chi connectivity index (χ1n) is 6.36. The van der Waals surface area contributed by atoms with Crippen LogP contribution >= 0.6 is 0 Å². The predicted octanol–water partition coefficient (Wildman–Crippen LogP) is 3.20. The van der Waals surface area contributed by atoms with E-state index in [0.717, 1.165) is 17.8 Å². The zero-order chi connectivity index (χ0) is 13.0. The second-order valence-electron chi connectivity index (χ2n) is 4.66. The highest BCUT2D eigenvalue weighted by atomic mass is 14.9. The molecule has 0 fully saturated rings. The lowest BCUT2D eigenvalue weighted by molar-refractivity contribution is 0.585. The summed E-state index contributed by atoms with van der Waals surface area (Å²) >= 11 is 0. The van der Waals surface area contributed by atoms with Crippen LogP contribution in [0.5, 0.6) is 0 Å². The summed E-state index contributed by atoms with van der Waals surface area (Å²) in [5.74, 6) is 0. The van der Waals surface area contributed by atoms with Crippen molar-refractivity contribution in [2.45, 2.75) is 26.3 Å². The average Bonchev–Trinajstić information content (AvgIpc) is 2.38. The molecule has 1 aromatic heterocycles. The van der Waals surface area contributed by atoms with E-state index >= 15 is 0 Å². The molecule has 1 unspecified atom stereocenters. The molecule has 0 saturated carbocycles. The van der Waals surface area contributed by atoms with E-state index in [0.29, 0.717) is 6.04 Å². The molecule has 0 radical (unpaired) electrons. The molecule has 0 aliphatic carbocycles. The van der Waals surface area contributed by atoms with Crippen molar-refractivity contribution in [2.75, 3.05) is 7.05 Å². The summed E-state index contributed by atoms with van der Waals surface area (Å²) in [5.41, 5.74) is 4.82. The van der Waals surface area contributed by atoms with Crippen LogP contribution in [-0.2, 0) is 6.42 Å². The summed E-state index contributed by atoms with van der Waals surface area (Å²) in [6.45, 7) is 4.11. The highest BCUT2D eigenvalue weighted by Crippen LogP contribution is 2.20. The number of benzene rings is 1. The number of aromatic nitrogens is 1. The van der Waals surface area contributed by atoms with Gasteiger partial charge < -0.3 is 5.32 Å². The highest BCUT2D eigenvalue weighted by Gasteiger charge is 2.13. The smallest absolute Gasteiger partial charge is 0.0423 e. The molecule has 2 heteroatoms. The van der Waals surface area contributed by atoms with E-state index in [2.05, 4.69) is 59.7 Å². The van der Waals surface area contributed by atoms with Gasteiger partial charge in [-0.15, -0.1) is 0 Å². The number of nitrogens with zero attached hydrogens (tertiary/aromatic N) is 1. The Labute approximate surface area is 109 Å². The van der Waals surface area contributed by atoms with Gasteiger partial charge in [-0.1, -0.05) is 36.4 Å². The molecule has 0 aliphatic rings. The molecule has 1 aromatic carbocycles. The third kappa shape index (κ3) is 2.96. The van der Waals surface area contributed by atoms with Gasteiger partial charge >= 0.3 is 0 Å². The fourth-order valence-electron chi connectivity index (χ4n) is 2.28. The molecular weight excluding hydrogens is 220 g/mol. The summed E-state index contributed by atoms with van der Waals surface area (Å²) in [6, 6.07) is 15.1. The molecule has 94 valence electrons. The zero-order valence-corrected chi connectivity index (χ0v) is 11.3. The van der Waals surface area contributed by atoms with E-state index in [1.54, 1.807) is 0 Å². The van der Waals surface area contributed by atoms with E-state index in [9.17, 15) is 0 Å². The molecule has 0 amide bonds. The third-order valence-corrected chi connectivity index (χ3v) is 3.27. The maximum atomic E-state index is 4.54. The number of nitrogens with one attached hydrogen (secondary N) is 1. The number of likely N-dealkylation sites (N-methyl/N-ethyl adjacent to an activating group) is 1. The first kappa shape index (κ1) is 12.8. The van der Waals surface area contributed by atoms with Gasteiger partial charge in [0.1, 0.15) is 0 Å². The maximum Gasteiger partial charge on any atom is 0.0423 e. The van der Waals surface area contributed by atoms with Gasteiger partial charge in [0.25, 0.3) is 0 Å². The Hall–Kier alpha value is -1.67. The lowest BCUT2D eigenvalue weighted by Gasteiger charge is -2.18. The Kier molecular flexibility index (Phi) is 4.11. The highest BCUT2D eigenvalue weighted by molar-refractivity contribution is 5.27. The van der Waals surface area contributed by atoms with Crippen molar-refractivity contribution >= 4 is 0 Å². The molecule has 1 heterocycles. The number of aryl methyl sites for hydroxylation is 2. The molecular formula is C16H20N2. The molecule has 0 aliphatic heterocycles. The van der Waals surface area contributed by atoms with Crippen LogP contribution in [0.1, 0.15) is 28.6 Å². The van der Waals surface area contributed by atoms with Crippen LogP contribution < -0.4 is 5.32 Å². The van der Waals surface area contributed by atoms with Crippen LogP contribution in [0.15, 0.2) is 42.5 Å². The molecule has 0 spiro atoms. The minimum Gasteiger partial charge on any atom is -0.313 e. The van der Waals surface area contributed by atoms with E-state index in [1.165, 1.54) is 11.1 Å². The van der Waals surface area contributed by atoms with Crippen molar-refractivity contribution in [3.63, 3.8) is 0 Å². The SMILES string of the molecule is CNC(Cc1ccccc1)c1ccc(C)nc1C. The quantitative estimate of drug-likeness (QED) is 0.887. The fourth-order valence-corrected chi connectivity index (χ4v) is 2.28. The van der Waals surface area contributed by atoms with Gasteiger partial charge in [0, 0.05) is 17.4 Å². The van der Waals surface area contributed by atoms with Crippen LogP contribution in [0.2, 0.25) is 0 Å². The van der Waals surface area contributed by atoms with Crippen molar-refractivity contribution in [1.29, 1.82) is 0 Å². The van der Waals surface area contributed by atoms with Crippen molar-refractivity contribution in [2.24, 2.45) is 0 Å². The van der Waals surface area contributed by atoms with Crippen LogP contribution in [0.3, 0.4) is 0 Å². The molecule has 2 nitrogen and oxygen atoms in total. The number of hydrogen-bond donors (Lipinski definition) is 1. The van der Waals surface area contributed by atoms with Gasteiger partial charge in [-0.05, 0) is 44.5 Å². The minimum atomic E-state index is 0.320. The van der Waals surface area contributed by atoms with Gasteiger partial charge in [-0.3, -0.25) is 4.98 Å². The molecule has 1 N–H and O–H groups in total. The molecule has 0 saturated heterocycles. The fraction of sp³-hybridized carbons (Fsp3) is 0.312. The zero-order valence-electron chi connectivity index (χ0n) is 11.3. The lowest BCUT2D eigenvalue weighted by atomic mass is 9.98. The van der Waals surface area contributed by atoms with E-state index < -0.39 is 0 Å². The second-order valence-corrected chi connectivity index (χ2v) is 4.66. The normalized spacial score (nSPS) is 12.4. The van der Waals surface area contributed by atoms with E-state index in [-0.39, 0.29) is 0 Å². The van der Waals surface area contributed by atoms with Crippen LogP contribution in [0.25, 0.3) is 0 Å². The number of pyridine rings is 1. The number of rotatable bonds is 4. The third-order valence-electron chi connectivity index (χ3n) is 3.27. The summed E-state index contributed by atoms with van der Waals surface area (Å²) in [5, 5.41) is 3.39. The lowest BCUT2D eigenvalue weighted by Crippen LogP contribution is -2.20. The summed E-state index contributed by atoms with van der Waals surface area (Å²) in [6.07, 6.45) is 0.989. The van der Waals surface area contributed by atoms with Gasteiger partial charge in [0.05, 0.1) is 0 Å². The van der Waals surface area contributed by atoms with Crippen LogP contribution in [0.4, 0.5) is 0 Å². The standard InChI is InChI=1S/C16H20N2/c1-12-9-10-15(13(2)18-12)16(17-3)11-14-7-5-4-6-8-14/h4-10,16-17H,11H2,1-3H3. The predicted molar refractivity (Wildman–Crippen MR) is 75.7 cm³/mol. The molecule has 1 atom stereocenters. The van der Waals surface area contributed by atoms with E-state index in [1.807, 2.05) is 14.0 Å². The second kappa shape index (κ2) is 5.78. The monoisotopic (exact) mass is 240 g/mol. The summed E-state index contributed by atoms with van der Waals surface area (Å²) < 4.78 is 0. The molecule has 0 bridgehead atoms. The average molecular weight is 240 g/mol. The van der Waals surface area contributed by atoms with Gasteiger partial charge in [0.2, 0.25) is 0 Å². The Bertz CT molecular complexity index is 506. The van der Waals surface area contributed by atoms with Gasteiger partial charge in [-0.25, -0.2) is 0 Å². The molecule has 2 aromatic rings. The first-order chi connectivity index (χ1) is 8.70. The Morgan fingerprint density at radius 1 is 1.06 bits per heavy atom. The largest absolute Gasteiger partial charge is 0.313 e. The molecule has 2 rings (SSSR count). The summed E-state index contributed by atoms with van der Waals surface area (Å²) in [4.78, 5) is 4.54. The van der Waals surface area contributed by atoms with Gasteiger partial charge in [0.15, 0.2) is 0 Å². The Balaban J connectivity index is 2.23. The van der Waals surface area contributed by atoms with E-state index in [4.69, 9.17) is 0 Å².